The fourth-order valence-electron chi connectivity index (χ4n) is 1.16. The third kappa shape index (κ3) is 1.10. The van der Waals surface area contributed by atoms with E-state index in [1.165, 1.54) is 23.1 Å². The summed E-state index contributed by atoms with van der Waals surface area (Å²) in [5.74, 6) is 4.54. The van der Waals surface area contributed by atoms with E-state index >= 15 is 0 Å². The zero-order valence-electron chi connectivity index (χ0n) is 6.64. The Kier molecular flexibility index (Phi) is 1.45. The lowest BCUT2D eigenvalue weighted by molar-refractivity contribution is 0.0697. The average Bonchev–Trinajstić information content (AvgIpc) is 2.47. The highest BCUT2D eigenvalue weighted by Gasteiger charge is 2.05. The topological polar surface area (TPSA) is 81.1 Å². The largest absolute Gasteiger partial charge is 0.478 e. The molecule has 0 spiro atoms. The monoisotopic (exact) mass is 177 g/mol. The van der Waals surface area contributed by atoms with Crippen LogP contribution in [-0.2, 0) is 0 Å². The van der Waals surface area contributed by atoms with E-state index in [0.717, 1.165) is 0 Å². The number of imidazole rings is 1. The molecule has 13 heavy (non-hydrogen) atoms. The first-order valence-electron chi connectivity index (χ1n) is 3.64. The molecule has 0 radical (unpaired) electrons. The van der Waals surface area contributed by atoms with E-state index in [1.807, 2.05) is 0 Å². The Hall–Kier alpha value is -2.04. The fourth-order valence-corrected chi connectivity index (χ4v) is 1.16. The highest BCUT2D eigenvalue weighted by atomic mass is 16.4. The molecule has 2 rings (SSSR count). The van der Waals surface area contributed by atoms with Crippen LogP contribution < -0.4 is 5.84 Å². The van der Waals surface area contributed by atoms with Crippen LogP contribution >= 0.6 is 0 Å². The third-order valence-corrected chi connectivity index (χ3v) is 1.82. The van der Waals surface area contributed by atoms with E-state index < -0.39 is 5.97 Å². The van der Waals surface area contributed by atoms with Crippen LogP contribution in [0.4, 0.5) is 0 Å². The van der Waals surface area contributed by atoms with Gasteiger partial charge in [-0.05, 0) is 18.2 Å². The number of carbonyl (C=O) groups is 1. The van der Waals surface area contributed by atoms with E-state index in [2.05, 4.69) is 4.98 Å². The summed E-state index contributed by atoms with van der Waals surface area (Å²) in [6, 6.07) is 4.61. The highest BCUT2D eigenvalue weighted by molar-refractivity contribution is 5.92. The lowest BCUT2D eigenvalue weighted by atomic mass is 10.2. The maximum absolute atomic E-state index is 10.6. The SMILES string of the molecule is Nn1cnc2cc(C(=O)O)ccc21. The molecule has 0 amide bonds. The zero-order chi connectivity index (χ0) is 9.42. The standard InChI is InChI=1S/C8H7N3O2/c9-11-4-10-6-3-5(8(12)13)1-2-7(6)11/h1-4H,9H2,(H,12,13). The van der Waals surface area contributed by atoms with Crippen LogP contribution in [-0.4, -0.2) is 20.7 Å². The van der Waals surface area contributed by atoms with Crippen molar-refractivity contribution in [3.63, 3.8) is 0 Å². The first kappa shape index (κ1) is 7.60. The van der Waals surface area contributed by atoms with Crippen molar-refractivity contribution in [2.75, 3.05) is 5.84 Å². The molecule has 0 unspecified atom stereocenters. The van der Waals surface area contributed by atoms with Gasteiger partial charge in [-0.1, -0.05) is 0 Å². The summed E-state index contributed by atoms with van der Waals surface area (Å²) in [5.41, 5.74) is 1.51. The number of nitrogen functional groups attached to an aromatic ring is 1. The molecular formula is C8H7N3O2. The first-order chi connectivity index (χ1) is 6.18. The van der Waals surface area contributed by atoms with E-state index in [1.54, 1.807) is 6.07 Å². The molecule has 0 aliphatic rings. The summed E-state index contributed by atoms with van der Waals surface area (Å²) < 4.78 is 1.35. The second-order valence-corrected chi connectivity index (χ2v) is 2.66. The van der Waals surface area contributed by atoms with Crippen LogP contribution in [0, 0.1) is 0 Å². The molecule has 1 aromatic heterocycles. The number of nitrogens with two attached hydrogens (primary N) is 1. The summed E-state index contributed by atoms with van der Waals surface area (Å²) in [6.45, 7) is 0. The van der Waals surface area contributed by atoms with Gasteiger partial charge in [0.15, 0.2) is 0 Å². The number of hydrogen-bond acceptors (Lipinski definition) is 3. The summed E-state index contributed by atoms with van der Waals surface area (Å²) in [4.78, 5) is 14.5. The first-order valence-corrected chi connectivity index (χ1v) is 3.64. The molecule has 0 aliphatic carbocycles. The Morgan fingerprint density at radius 2 is 2.31 bits per heavy atom. The molecule has 0 aliphatic heterocycles. The van der Waals surface area contributed by atoms with Crippen LogP contribution in [0.15, 0.2) is 24.5 Å². The minimum atomic E-state index is -0.964. The molecule has 1 aromatic carbocycles. The highest BCUT2D eigenvalue weighted by Crippen LogP contribution is 2.12. The average molecular weight is 177 g/mol. The molecule has 0 bridgehead atoms. The molecular weight excluding hydrogens is 170 g/mol. The Morgan fingerprint density at radius 1 is 1.54 bits per heavy atom. The summed E-state index contributed by atoms with van der Waals surface area (Å²) in [7, 11) is 0. The van der Waals surface area contributed by atoms with Gasteiger partial charge in [-0.15, -0.1) is 0 Å². The van der Waals surface area contributed by atoms with Gasteiger partial charge in [-0.25, -0.2) is 14.5 Å². The maximum atomic E-state index is 10.6. The van der Waals surface area contributed by atoms with E-state index in [9.17, 15) is 4.79 Å². The number of carboxylic acids is 1. The van der Waals surface area contributed by atoms with Crippen molar-refractivity contribution in [2.24, 2.45) is 0 Å². The number of rotatable bonds is 1. The molecule has 1 heterocycles. The third-order valence-electron chi connectivity index (χ3n) is 1.82. The van der Waals surface area contributed by atoms with Crippen molar-refractivity contribution < 1.29 is 9.90 Å². The number of hydrogen-bond donors (Lipinski definition) is 2. The quantitative estimate of drug-likeness (QED) is 0.619. The molecule has 5 heteroatoms. The zero-order valence-corrected chi connectivity index (χ0v) is 6.64. The summed E-state index contributed by atoms with van der Waals surface area (Å²) in [6.07, 6.45) is 1.44. The van der Waals surface area contributed by atoms with Crippen LogP contribution in [0.25, 0.3) is 11.0 Å². The van der Waals surface area contributed by atoms with Gasteiger partial charge in [-0.2, -0.15) is 0 Å². The van der Waals surface area contributed by atoms with Crippen molar-refractivity contribution in [3.05, 3.63) is 30.1 Å². The van der Waals surface area contributed by atoms with E-state index in [0.29, 0.717) is 11.0 Å². The van der Waals surface area contributed by atoms with Gasteiger partial charge in [0.2, 0.25) is 0 Å². The molecule has 66 valence electrons. The number of nitrogens with zero attached hydrogens (tertiary/aromatic N) is 2. The minimum absolute atomic E-state index is 0.214. The Balaban J connectivity index is 2.70. The lowest BCUT2D eigenvalue weighted by Gasteiger charge is -1.95. The molecule has 3 N–H and O–H groups in total. The molecule has 0 saturated heterocycles. The second kappa shape index (κ2) is 2.48. The maximum Gasteiger partial charge on any atom is 0.335 e. The molecule has 0 saturated carbocycles. The van der Waals surface area contributed by atoms with Gasteiger partial charge in [-0.3, -0.25) is 0 Å². The van der Waals surface area contributed by atoms with Crippen LogP contribution in [0.3, 0.4) is 0 Å². The number of carboxylic acid groups (broad SMARTS) is 1. The Bertz CT molecular complexity index is 475. The van der Waals surface area contributed by atoms with Gasteiger partial charge < -0.3 is 10.9 Å². The van der Waals surface area contributed by atoms with E-state index in [4.69, 9.17) is 10.9 Å². The predicted octanol–water partition coefficient (Wildman–Crippen LogP) is 0.448. The number of fused-ring (bicyclic) bond motifs is 1. The van der Waals surface area contributed by atoms with Crippen molar-refractivity contribution in [3.8, 4) is 0 Å². The van der Waals surface area contributed by atoms with Crippen molar-refractivity contribution >= 4 is 17.0 Å². The van der Waals surface area contributed by atoms with Gasteiger partial charge >= 0.3 is 5.97 Å². The van der Waals surface area contributed by atoms with Gasteiger partial charge in [0.25, 0.3) is 0 Å². The van der Waals surface area contributed by atoms with Crippen molar-refractivity contribution in [1.82, 2.24) is 9.66 Å². The van der Waals surface area contributed by atoms with Gasteiger partial charge in [0.05, 0.1) is 16.6 Å². The minimum Gasteiger partial charge on any atom is -0.478 e. The predicted molar refractivity (Wildman–Crippen MR) is 46.8 cm³/mol. The smallest absolute Gasteiger partial charge is 0.335 e. The van der Waals surface area contributed by atoms with Crippen LogP contribution in [0.2, 0.25) is 0 Å². The van der Waals surface area contributed by atoms with E-state index in [-0.39, 0.29) is 5.56 Å². The van der Waals surface area contributed by atoms with Gasteiger partial charge in [0, 0.05) is 0 Å². The summed E-state index contributed by atoms with van der Waals surface area (Å²) >= 11 is 0. The van der Waals surface area contributed by atoms with Crippen LogP contribution in [0.5, 0.6) is 0 Å². The Labute approximate surface area is 73.4 Å². The summed E-state index contributed by atoms with van der Waals surface area (Å²) in [5, 5.41) is 8.69. The lowest BCUT2D eigenvalue weighted by Crippen LogP contribution is -2.05. The van der Waals surface area contributed by atoms with Crippen molar-refractivity contribution in [1.29, 1.82) is 0 Å². The number of benzene rings is 1. The fraction of sp³-hybridized carbons (Fsp3) is 0. The molecule has 0 fully saturated rings. The molecule has 0 atom stereocenters. The molecule has 5 nitrogen and oxygen atoms in total. The Morgan fingerprint density at radius 3 is 3.00 bits per heavy atom. The normalized spacial score (nSPS) is 10.5. The number of aromatic carboxylic acids is 1. The van der Waals surface area contributed by atoms with Crippen LogP contribution in [0.1, 0.15) is 10.4 Å². The molecule has 2 aromatic rings. The second-order valence-electron chi connectivity index (χ2n) is 2.66. The van der Waals surface area contributed by atoms with Gasteiger partial charge in [0.1, 0.15) is 6.33 Å². The number of aromatic nitrogens is 2. The van der Waals surface area contributed by atoms with Crippen molar-refractivity contribution in [2.45, 2.75) is 0 Å².